The zero-order valence-electron chi connectivity index (χ0n) is 10.3. The van der Waals surface area contributed by atoms with Crippen molar-refractivity contribution in [1.82, 2.24) is 14.9 Å². The predicted octanol–water partition coefficient (Wildman–Crippen LogP) is 0.523. The average molecular weight is 224 g/mol. The van der Waals surface area contributed by atoms with Gasteiger partial charge in [-0.1, -0.05) is 20.8 Å². The maximum absolute atomic E-state index is 11.9. The summed E-state index contributed by atoms with van der Waals surface area (Å²) >= 11 is 0. The Morgan fingerprint density at radius 3 is 2.62 bits per heavy atom. The zero-order valence-corrected chi connectivity index (χ0v) is 10.3. The highest BCUT2D eigenvalue weighted by Gasteiger charge is 2.25. The third-order valence-corrected chi connectivity index (χ3v) is 2.64. The van der Waals surface area contributed by atoms with E-state index in [1.54, 1.807) is 24.1 Å². The highest BCUT2D eigenvalue weighted by molar-refractivity contribution is 5.92. The number of carbonyl (C=O) groups excluding carboxylic acids is 1. The minimum absolute atomic E-state index is 0.0464. The van der Waals surface area contributed by atoms with Crippen molar-refractivity contribution in [2.75, 3.05) is 6.54 Å². The van der Waals surface area contributed by atoms with Gasteiger partial charge in [-0.15, -0.1) is 0 Å². The van der Waals surface area contributed by atoms with Crippen LogP contribution in [0.15, 0.2) is 12.5 Å². The summed E-state index contributed by atoms with van der Waals surface area (Å²) in [5.41, 5.74) is 6.15. The Balaban J connectivity index is 2.74. The number of imidazole rings is 1. The van der Waals surface area contributed by atoms with Gasteiger partial charge in [0, 0.05) is 19.6 Å². The van der Waals surface area contributed by atoms with Crippen LogP contribution in [0.2, 0.25) is 0 Å². The molecule has 0 bridgehead atoms. The Bertz CT molecular complexity index is 364. The van der Waals surface area contributed by atoms with Crippen LogP contribution in [-0.4, -0.2) is 28.0 Å². The molecule has 1 rings (SSSR count). The van der Waals surface area contributed by atoms with Crippen molar-refractivity contribution in [3.05, 3.63) is 18.2 Å². The normalized spacial score (nSPS) is 13.6. The van der Waals surface area contributed by atoms with Crippen molar-refractivity contribution in [2.45, 2.75) is 26.8 Å². The molecule has 1 amide bonds. The highest BCUT2D eigenvalue weighted by atomic mass is 16.2. The first-order valence-corrected chi connectivity index (χ1v) is 5.33. The molecule has 0 aliphatic carbocycles. The summed E-state index contributed by atoms with van der Waals surface area (Å²) in [7, 11) is 1.79. The third kappa shape index (κ3) is 2.82. The second kappa shape index (κ2) is 4.65. The molecule has 0 radical (unpaired) electrons. The van der Waals surface area contributed by atoms with Crippen molar-refractivity contribution in [1.29, 1.82) is 0 Å². The maximum Gasteiger partial charge on any atom is 0.269 e. The minimum atomic E-state index is -0.134. The molecule has 0 aliphatic heterocycles. The van der Waals surface area contributed by atoms with Gasteiger partial charge in [0.15, 0.2) is 0 Å². The van der Waals surface area contributed by atoms with Gasteiger partial charge >= 0.3 is 0 Å². The molecule has 5 nitrogen and oxygen atoms in total. The van der Waals surface area contributed by atoms with Gasteiger partial charge in [0.05, 0.1) is 12.5 Å². The van der Waals surface area contributed by atoms with E-state index in [1.807, 2.05) is 20.8 Å². The van der Waals surface area contributed by atoms with Crippen molar-refractivity contribution in [3.8, 4) is 0 Å². The van der Waals surface area contributed by atoms with Gasteiger partial charge in [-0.25, -0.2) is 4.98 Å². The number of carbonyl (C=O) groups is 1. The summed E-state index contributed by atoms with van der Waals surface area (Å²) in [6.07, 6.45) is 3.15. The van der Waals surface area contributed by atoms with E-state index < -0.39 is 0 Å². The van der Waals surface area contributed by atoms with Crippen LogP contribution < -0.4 is 11.1 Å². The van der Waals surface area contributed by atoms with Crippen LogP contribution in [0.4, 0.5) is 0 Å². The van der Waals surface area contributed by atoms with E-state index in [0.29, 0.717) is 12.2 Å². The first kappa shape index (κ1) is 12.7. The molecule has 90 valence electrons. The molecule has 1 atom stereocenters. The van der Waals surface area contributed by atoms with Gasteiger partial charge < -0.3 is 15.6 Å². The lowest BCUT2D eigenvalue weighted by Crippen LogP contribution is -2.48. The number of aryl methyl sites for hydroxylation is 1. The fourth-order valence-electron chi connectivity index (χ4n) is 1.44. The van der Waals surface area contributed by atoms with Crippen molar-refractivity contribution in [3.63, 3.8) is 0 Å². The molecule has 1 unspecified atom stereocenters. The Hall–Kier alpha value is -1.36. The molecule has 1 heterocycles. The number of amides is 1. The molecule has 0 fully saturated rings. The van der Waals surface area contributed by atoms with E-state index in [-0.39, 0.29) is 17.4 Å². The van der Waals surface area contributed by atoms with Crippen molar-refractivity contribution >= 4 is 5.91 Å². The molecule has 16 heavy (non-hydrogen) atoms. The van der Waals surface area contributed by atoms with E-state index in [0.717, 1.165) is 0 Å². The van der Waals surface area contributed by atoms with Crippen LogP contribution in [0.5, 0.6) is 0 Å². The molecule has 0 spiro atoms. The lowest BCUT2D eigenvalue weighted by Gasteiger charge is -2.30. The first-order valence-electron chi connectivity index (χ1n) is 5.33. The first-order chi connectivity index (χ1) is 7.36. The standard InChI is InChI=1S/C11H20N4O/c1-11(2,3)9(5-12)14-10(16)8-6-13-7-15(8)4/h6-7,9H,5,12H2,1-4H3,(H,14,16). The fraction of sp³-hybridized carbons (Fsp3) is 0.636. The maximum atomic E-state index is 11.9. The van der Waals surface area contributed by atoms with E-state index >= 15 is 0 Å². The number of nitrogens with zero attached hydrogens (tertiary/aromatic N) is 2. The van der Waals surface area contributed by atoms with E-state index in [2.05, 4.69) is 10.3 Å². The molecule has 0 saturated carbocycles. The predicted molar refractivity (Wildman–Crippen MR) is 63.0 cm³/mol. The quantitative estimate of drug-likeness (QED) is 0.786. The second-order valence-electron chi connectivity index (χ2n) is 5.02. The number of hydrogen-bond acceptors (Lipinski definition) is 3. The van der Waals surface area contributed by atoms with Crippen molar-refractivity contribution < 1.29 is 4.79 Å². The Morgan fingerprint density at radius 1 is 1.62 bits per heavy atom. The molecular formula is C11H20N4O. The number of hydrogen-bond donors (Lipinski definition) is 2. The van der Waals surface area contributed by atoms with E-state index in [9.17, 15) is 4.79 Å². The summed E-state index contributed by atoms with van der Waals surface area (Å²) in [5.74, 6) is -0.134. The fourth-order valence-corrected chi connectivity index (χ4v) is 1.44. The summed E-state index contributed by atoms with van der Waals surface area (Å²) < 4.78 is 1.69. The molecule has 0 aliphatic rings. The smallest absolute Gasteiger partial charge is 0.269 e. The number of rotatable bonds is 3. The lowest BCUT2D eigenvalue weighted by atomic mass is 9.87. The third-order valence-electron chi connectivity index (χ3n) is 2.64. The molecule has 0 aromatic carbocycles. The minimum Gasteiger partial charge on any atom is -0.346 e. The van der Waals surface area contributed by atoms with Gasteiger partial charge in [0.2, 0.25) is 0 Å². The second-order valence-corrected chi connectivity index (χ2v) is 5.02. The largest absolute Gasteiger partial charge is 0.346 e. The molecule has 5 heteroatoms. The van der Waals surface area contributed by atoms with Crippen LogP contribution in [0.3, 0.4) is 0 Å². The zero-order chi connectivity index (χ0) is 12.3. The Kier molecular flexibility index (Phi) is 3.70. The summed E-state index contributed by atoms with van der Waals surface area (Å²) in [5, 5.41) is 2.93. The summed E-state index contributed by atoms with van der Waals surface area (Å²) in [4.78, 5) is 15.8. The molecule has 1 aromatic rings. The van der Waals surface area contributed by atoms with Crippen LogP contribution in [-0.2, 0) is 7.05 Å². The van der Waals surface area contributed by atoms with E-state index in [1.165, 1.54) is 0 Å². The molecule has 3 N–H and O–H groups in total. The van der Waals surface area contributed by atoms with Gasteiger partial charge in [-0.05, 0) is 5.41 Å². The number of aromatic nitrogens is 2. The van der Waals surface area contributed by atoms with Crippen molar-refractivity contribution in [2.24, 2.45) is 18.2 Å². The number of nitrogens with one attached hydrogen (secondary N) is 1. The van der Waals surface area contributed by atoms with Gasteiger partial charge in [0.25, 0.3) is 5.91 Å². The highest BCUT2D eigenvalue weighted by Crippen LogP contribution is 2.18. The van der Waals surface area contributed by atoms with Crippen LogP contribution >= 0.6 is 0 Å². The van der Waals surface area contributed by atoms with Crippen LogP contribution in [0.1, 0.15) is 31.3 Å². The lowest BCUT2D eigenvalue weighted by molar-refractivity contribution is 0.0897. The Labute approximate surface area is 96.0 Å². The summed E-state index contributed by atoms with van der Waals surface area (Å²) in [6.45, 7) is 6.57. The monoisotopic (exact) mass is 224 g/mol. The molecule has 0 saturated heterocycles. The van der Waals surface area contributed by atoms with Gasteiger partial charge in [-0.3, -0.25) is 4.79 Å². The molecule has 1 aromatic heterocycles. The van der Waals surface area contributed by atoms with Gasteiger partial charge in [0.1, 0.15) is 5.69 Å². The van der Waals surface area contributed by atoms with E-state index in [4.69, 9.17) is 5.73 Å². The molecular weight excluding hydrogens is 204 g/mol. The number of nitrogens with two attached hydrogens (primary N) is 1. The van der Waals surface area contributed by atoms with Gasteiger partial charge in [-0.2, -0.15) is 0 Å². The topological polar surface area (TPSA) is 72.9 Å². The average Bonchev–Trinajstić information content (AvgIpc) is 2.58. The van der Waals surface area contributed by atoms with Crippen LogP contribution in [0.25, 0.3) is 0 Å². The SMILES string of the molecule is Cn1cncc1C(=O)NC(CN)C(C)(C)C. The Morgan fingerprint density at radius 2 is 2.25 bits per heavy atom. The summed E-state index contributed by atoms with van der Waals surface area (Å²) in [6, 6.07) is -0.0464. The van der Waals surface area contributed by atoms with Crippen LogP contribution in [0, 0.1) is 5.41 Å².